The molecule has 0 saturated heterocycles. The SMILES string of the molecule is CSc1nccc(C(N[S@@](=O)C(C)(C)C)C2CC2)n1. The lowest BCUT2D eigenvalue weighted by molar-refractivity contribution is 0.539. The van der Waals surface area contributed by atoms with Crippen molar-refractivity contribution in [2.75, 3.05) is 6.26 Å². The highest BCUT2D eigenvalue weighted by Gasteiger charge is 2.36. The average Bonchev–Trinajstić information content (AvgIpc) is 3.18. The largest absolute Gasteiger partial charge is 0.242 e. The van der Waals surface area contributed by atoms with Crippen molar-refractivity contribution in [3.63, 3.8) is 0 Å². The zero-order chi connectivity index (χ0) is 14.0. The fraction of sp³-hybridized carbons (Fsp3) is 0.692. The Morgan fingerprint density at radius 1 is 1.47 bits per heavy atom. The van der Waals surface area contributed by atoms with Crippen LogP contribution in [0.2, 0.25) is 0 Å². The summed E-state index contributed by atoms with van der Waals surface area (Å²) in [5.74, 6) is 0.552. The quantitative estimate of drug-likeness (QED) is 0.671. The molecule has 0 radical (unpaired) electrons. The number of hydrogen-bond acceptors (Lipinski definition) is 4. The molecule has 1 aliphatic carbocycles. The first kappa shape index (κ1) is 14.9. The molecule has 0 spiro atoms. The van der Waals surface area contributed by atoms with Crippen LogP contribution in [0.5, 0.6) is 0 Å². The topological polar surface area (TPSA) is 54.9 Å². The van der Waals surface area contributed by atoms with E-state index in [0.29, 0.717) is 5.92 Å². The number of aromatic nitrogens is 2. The van der Waals surface area contributed by atoms with Gasteiger partial charge in [-0.3, -0.25) is 0 Å². The van der Waals surface area contributed by atoms with Crippen molar-refractivity contribution in [2.24, 2.45) is 5.92 Å². The molecule has 1 aromatic rings. The number of thioether (sulfide) groups is 1. The van der Waals surface area contributed by atoms with Gasteiger partial charge in [0.2, 0.25) is 0 Å². The second-order valence-electron chi connectivity index (χ2n) is 5.78. The third-order valence-corrected chi connectivity index (χ3v) is 5.18. The van der Waals surface area contributed by atoms with E-state index in [-0.39, 0.29) is 10.8 Å². The van der Waals surface area contributed by atoms with Gasteiger partial charge in [-0.25, -0.2) is 18.9 Å². The summed E-state index contributed by atoms with van der Waals surface area (Å²) in [6.45, 7) is 5.94. The molecular formula is C13H21N3OS2. The minimum atomic E-state index is -1.07. The smallest absolute Gasteiger partial charge is 0.187 e. The maximum atomic E-state index is 12.3. The summed E-state index contributed by atoms with van der Waals surface area (Å²) in [7, 11) is -1.07. The van der Waals surface area contributed by atoms with E-state index in [9.17, 15) is 4.21 Å². The Bertz CT molecular complexity index is 469. The Kier molecular flexibility index (Phi) is 4.63. The summed E-state index contributed by atoms with van der Waals surface area (Å²) in [4.78, 5) is 8.74. The summed E-state index contributed by atoms with van der Waals surface area (Å²) in [6.07, 6.45) is 6.10. The van der Waals surface area contributed by atoms with Crippen molar-refractivity contribution in [2.45, 2.75) is 49.6 Å². The van der Waals surface area contributed by atoms with E-state index in [2.05, 4.69) is 14.7 Å². The van der Waals surface area contributed by atoms with Crippen LogP contribution in [0.3, 0.4) is 0 Å². The van der Waals surface area contributed by atoms with Crippen molar-refractivity contribution in [3.05, 3.63) is 18.0 Å². The fourth-order valence-corrected chi connectivity index (χ4v) is 3.01. The summed E-state index contributed by atoms with van der Waals surface area (Å²) >= 11 is 1.53. The molecule has 1 saturated carbocycles. The van der Waals surface area contributed by atoms with E-state index in [0.717, 1.165) is 10.9 Å². The predicted molar refractivity (Wildman–Crippen MR) is 80.3 cm³/mol. The maximum absolute atomic E-state index is 12.3. The number of nitrogens with zero attached hydrogens (tertiary/aromatic N) is 2. The van der Waals surface area contributed by atoms with Gasteiger partial charge in [-0.05, 0) is 51.9 Å². The second kappa shape index (κ2) is 5.89. The monoisotopic (exact) mass is 299 g/mol. The molecule has 0 bridgehead atoms. The van der Waals surface area contributed by atoms with Crippen molar-refractivity contribution in [1.29, 1.82) is 0 Å². The lowest BCUT2D eigenvalue weighted by Gasteiger charge is -2.24. The molecule has 1 aromatic heterocycles. The highest BCUT2D eigenvalue weighted by molar-refractivity contribution is 7.98. The molecular weight excluding hydrogens is 278 g/mol. The van der Waals surface area contributed by atoms with E-state index in [1.165, 1.54) is 24.6 Å². The molecule has 1 aliphatic rings. The van der Waals surface area contributed by atoms with Gasteiger partial charge in [0.05, 0.1) is 27.5 Å². The Labute approximate surface area is 121 Å². The molecule has 19 heavy (non-hydrogen) atoms. The van der Waals surface area contributed by atoms with E-state index < -0.39 is 11.0 Å². The van der Waals surface area contributed by atoms with Crippen molar-refractivity contribution in [3.8, 4) is 0 Å². The highest BCUT2D eigenvalue weighted by atomic mass is 32.2. The molecule has 1 heterocycles. The summed E-state index contributed by atoms with van der Waals surface area (Å²) < 4.78 is 15.3. The molecule has 0 aromatic carbocycles. The zero-order valence-electron chi connectivity index (χ0n) is 11.8. The van der Waals surface area contributed by atoms with Crippen LogP contribution in [-0.2, 0) is 11.0 Å². The van der Waals surface area contributed by atoms with Gasteiger partial charge in [0.15, 0.2) is 5.16 Å². The van der Waals surface area contributed by atoms with Crippen LogP contribution in [0.1, 0.15) is 45.3 Å². The first-order chi connectivity index (χ1) is 8.91. The Morgan fingerprint density at radius 2 is 2.16 bits per heavy atom. The number of rotatable bonds is 5. The van der Waals surface area contributed by atoms with Crippen molar-refractivity contribution < 1.29 is 4.21 Å². The Morgan fingerprint density at radius 3 is 2.68 bits per heavy atom. The molecule has 2 atom stereocenters. The molecule has 1 fully saturated rings. The van der Waals surface area contributed by atoms with E-state index in [1.54, 1.807) is 6.20 Å². The van der Waals surface area contributed by atoms with Gasteiger partial charge < -0.3 is 0 Å². The van der Waals surface area contributed by atoms with E-state index >= 15 is 0 Å². The summed E-state index contributed by atoms with van der Waals surface area (Å²) in [5.41, 5.74) is 0.958. The van der Waals surface area contributed by atoms with Crippen molar-refractivity contribution in [1.82, 2.24) is 14.7 Å². The molecule has 106 valence electrons. The maximum Gasteiger partial charge on any atom is 0.187 e. The second-order valence-corrected chi connectivity index (χ2v) is 8.55. The van der Waals surface area contributed by atoms with Crippen LogP contribution in [0, 0.1) is 5.92 Å². The van der Waals surface area contributed by atoms with E-state index in [1.807, 2.05) is 33.1 Å². The van der Waals surface area contributed by atoms with Crippen LogP contribution >= 0.6 is 11.8 Å². The van der Waals surface area contributed by atoms with Gasteiger partial charge >= 0.3 is 0 Å². The third-order valence-electron chi connectivity index (χ3n) is 3.04. The molecule has 1 N–H and O–H groups in total. The van der Waals surface area contributed by atoms with Crippen LogP contribution in [0.15, 0.2) is 17.4 Å². The van der Waals surface area contributed by atoms with Gasteiger partial charge in [-0.15, -0.1) is 0 Å². The first-order valence-corrected chi connectivity index (χ1v) is 8.84. The van der Waals surface area contributed by atoms with E-state index in [4.69, 9.17) is 0 Å². The average molecular weight is 299 g/mol. The van der Waals surface area contributed by atoms with Crippen molar-refractivity contribution >= 4 is 22.7 Å². The van der Waals surface area contributed by atoms with Gasteiger partial charge in [0.1, 0.15) is 0 Å². The van der Waals surface area contributed by atoms with Gasteiger partial charge in [0, 0.05) is 6.20 Å². The third kappa shape index (κ3) is 4.00. The highest BCUT2D eigenvalue weighted by Crippen LogP contribution is 2.41. The molecule has 0 amide bonds. The van der Waals surface area contributed by atoms with Crippen LogP contribution < -0.4 is 4.72 Å². The van der Waals surface area contributed by atoms with Crippen LogP contribution in [-0.4, -0.2) is 25.2 Å². The predicted octanol–water partition coefficient (Wildman–Crippen LogP) is 2.70. The first-order valence-electron chi connectivity index (χ1n) is 6.47. The standard InChI is InChI=1S/C13H21N3OS2/c1-13(2,3)19(17)16-11(9-5-6-9)10-7-8-14-12(15-10)18-4/h7-9,11,16H,5-6H2,1-4H3/t11?,19-/m0/s1. The Hall–Kier alpha value is -0.460. The normalized spacial score (nSPS) is 19.2. The minimum absolute atomic E-state index is 0.0777. The van der Waals surface area contributed by atoms with Crippen LogP contribution in [0.25, 0.3) is 0 Å². The molecule has 4 nitrogen and oxygen atoms in total. The molecule has 1 unspecified atom stereocenters. The lowest BCUT2D eigenvalue weighted by Crippen LogP contribution is -2.36. The fourth-order valence-electron chi connectivity index (χ4n) is 1.75. The summed E-state index contributed by atoms with van der Waals surface area (Å²) in [5, 5.41) is 0.770. The lowest BCUT2D eigenvalue weighted by atomic mass is 10.1. The van der Waals surface area contributed by atoms with Gasteiger partial charge in [-0.2, -0.15) is 0 Å². The van der Waals surface area contributed by atoms with Gasteiger partial charge in [0.25, 0.3) is 0 Å². The molecule has 6 heteroatoms. The number of nitrogens with one attached hydrogen (secondary N) is 1. The Balaban J connectivity index is 2.18. The molecule has 2 rings (SSSR count). The summed E-state index contributed by atoms with van der Waals surface area (Å²) in [6, 6.07) is 2.00. The molecule has 0 aliphatic heterocycles. The number of hydrogen-bond donors (Lipinski definition) is 1. The van der Waals surface area contributed by atoms with Crippen LogP contribution in [0.4, 0.5) is 0 Å². The minimum Gasteiger partial charge on any atom is -0.242 e. The zero-order valence-corrected chi connectivity index (χ0v) is 13.5. The van der Waals surface area contributed by atoms with Gasteiger partial charge in [-0.1, -0.05) is 11.8 Å².